The Morgan fingerprint density at radius 1 is 0.946 bits per heavy atom. The normalized spacial score (nSPS) is 14.2. The Morgan fingerprint density at radius 2 is 1.62 bits per heavy atom. The first kappa shape index (κ1) is 27.4. The number of H-pyrrole nitrogens is 1. The van der Waals surface area contributed by atoms with Gasteiger partial charge >= 0.3 is 5.97 Å². The molecule has 3 rings (SSSR count). The molecule has 3 aromatic rings. The topological polar surface area (TPSA) is 187 Å². The number of benzene rings is 2. The molecule has 1 aromatic heterocycles. The van der Waals surface area contributed by atoms with Crippen LogP contribution < -0.4 is 21.7 Å². The second-order valence-electron chi connectivity index (χ2n) is 8.76. The fraction of sp³-hybridized carbons (Fsp3) is 0.308. The van der Waals surface area contributed by atoms with Crippen molar-refractivity contribution in [2.45, 2.75) is 44.0 Å². The number of carbonyl (C=O) groups excluding carboxylic acids is 3. The van der Waals surface area contributed by atoms with Gasteiger partial charge in [0.15, 0.2) is 0 Å². The van der Waals surface area contributed by atoms with Crippen LogP contribution in [0.2, 0.25) is 0 Å². The molecule has 8 N–H and O–H groups in total. The molecule has 4 unspecified atom stereocenters. The van der Waals surface area contributed by atoms with Crippen LogP contribution in [0.25, 0.3) is 10.9 Å². The van der Waals surface area contributed by atoms with Crippen molar-refractivity contribution in [2.24, 2.45) is 5.73 Å². The number of aromatic amines is 1. The summed E-state index contributed by atoms with van der Waals surface area (Å²) in [5.74, 6) is -3.44. The Labute approximate surface area is 213 Å². The van der Waals surface area contributed by atoms with Crippen molar-refractivity contribution in [1.29, 1.82) is 0 Å². The SMILES string of the molecule is CC(O)C(NC(=O)CNC(=O)C(N)Cc1ccccc1)C(=O)NC(Cc1c[nH]c2ccccc12)C(=O)O. The zero-order chi connectivity index (χ0) is 26.9. The number of aliphatic carboxylic acids is 1. The summed E-state index contributed by atoms with van der Waals surface area (Å²) in [6, 6.07) is 12.9. The minimum atomic E-state index is -1.44. The fourth-order valence-electron chi connectivity index (χ4n) is 3.87. The number of carboxylic acid groups (broad SMARTS) is 1. The number of amides is 3. The smallest absolute Gasteiger partial charge is 0.326 e. The third-order valence-electron chi connectivity index (χ3n) is 5.85. The third kappa shape index (κ3) is 7.63. The van der Waals surface area contributed by atoms with E-state index in [1.54, 1.807) is 6.20 Å². The van der Waals surface area contributed by atoms with Crippen LogP contribution in [-0.4, -0.2) is 69.7 Å². The maximum Gasteiger partial charge on any atom is 0.326 e. The molecule has 1 heterocycles. The zero-order valence-electron chi connectivity index (χ0n) is 20.3. The highest BCUT2D eigenvalue weighted by molar-refractivity contribution is 5.93. The maximum absolute atomic E-state index is 12.8. The first-order chi connectivity index (χ1) is 17.7. The monoisotopic (exact) mass is 509 g/mol. The lowest BCUT2D eigenvalue weighted by molar-refractivity contribution is -0.142. The maximum atomic E-state index is 12.8. The second-order valence-corrected chi connectivity index (χ2v) is 8.76. The highest BCUT2D eigenvalue weighted by Gasteiger charge is 2.30. The van der Waals surface area contributed by atoms with Gasteiger partial charge in [0.2, 0.25) is 17.7 Å². The van der Waals surface area contributed by atoms with Gasteiger partial charge in [-0.25, -0.2) is 4.79 Å². The molecule has 11 heteroatoms. The van der Waals surface area contributed by atoms with Gasteiger partial charge in [-0.2, -0.15) is 0 Å². The predicted octanol–water partition coefficient (Wildman–Crippen LogP) is -0.168. The van der Waals surface area contributed by atoms with Crippen LogP contribution in [-0.2, 0) is 32.0 Å². The fourth-order valence-corrected chi connectivity index (χ4v) is 3.87. The van der Waals surface area contributed by atoms with Crippen molar-refractivity contribution in [3.8, 4) is 0 Å². The number of aromatic nitrogens is 1. The Hall–Kier alpha value is -4.22. The first-order valence-electron chi connectivity index (χ1n) is 11.8. The van der Waals surface area contributed by atoms with Crippen LogP contribution >= 0.6 is 0 Å². The van der Waals surface area contributed by atoms with Crippen molar-refractivity contribution < 1.29 is 29.4 Å². The standard InChI is InChI=1S/C26H31N5O6/c1-15(32)23(31-22(33)14-29-24(34)19(27)11-16-7-3-2-4-8-16)25(35)30-21(26(36)37)12-17-13-28-20-10-6-5-9-18(17)20/h2-10,13,15,19,21,23,28,32H,11-12,14,27H2,1H3,(H,29,34)(H,30,35)(H,31,33)(H,36,37). The summed E-state index contributed by atoms with van der Waals surface area (Å²) in [4.78, 5) is 52.4. The largest absolute Gasteiger partial charge is 0.480 e. The van der Waals surface area contributed by atoms with Crippen molar-refractivity contribution in [3.63, 3.8) is 0 Å². The van der Waals surface area contributed by atoms with Crippen LogP contribution in [0.1, 0.15) is 18.1 Å². The van der Waals surface area contributed by atoms with Crippen LogP contribution in [0.5, 0.6) is 0 Å². The van der Waals surface area contributed by atoms with Crippen LogP contribution in [0.15, 0.2) is 60.8 Å². The van der Waals surface area contributed by atoms with E-state index in [1.165, 1.54) is 6.92 Å². The van der Waals surface area contributed by atoms with Crippen molar-refractivity contribution >= 4 is 34.6 Å². The average molecular weight is 510 g/mol. The minimum absolute atomic E-state index is 0.0130. The number of carbonyl (C=O) groups is 4. The summed E-state index contributed by atoms with van der Waals surface area (Å²) in [5, 5.41) is 27.7. The molecule has 4 atom stereocenters. The van der Waals surface area contributed by atoms with Gasteiger partial charge in [0.25, 0.3) is 0 Å². The van der Waals surface area contributed by atoms with Gasteiger partial charge in [-0.1, -0.05) is 48.5 Å². The van der Waals surface area contributed by atoms with E-state index in [0.717, 1.165) is 16.5 Å². The van der Waals surface area contributed by atoms with Crippen LogP contribution in [0.4, 0.5) is 0 Å². The molecule has 0 radical (unpaired) electrons. The molecule has 0 aliphatic carbocycles. The number of nitrogens with two attached hydrogens (primary N) is 1. The summed E-state index contributed by atoms with van der Waals surface area (Å²) in [6.07, 6.45) is 0.606. The van der Waals surface area contributed by atoms with Gasteiger partial charge in [0.1, 0.15) is 12.1 Å². The van der Waals surface area contributed by atoms with E-state index in [1.807, 2.05) is 54.6 Å². The number of aliphatic hydroxyl groups excluding tert-OH is 1. The number of para-hydroxylation sites is 1. The lowest BCUT2D eigenvalue weighted by atomic mass is 10.0. The van der Waals surface area contributed by atoms with Gasteiger partial charge in [0, 0.05) is 23.5 Å². The van der Waals surface area contributed by atoms with Crippen LogP contribution in [0, 0.1) is 0 Å². The Kier molecular flexibility index (Phi) is 9.36. The van der Waals surface area contributed by atoms with Gasteiger partial charge in [-0.15, -0.1) is 0 Å². The van der Waals surface area contributed by atoms with Gasteiger partial charge in [-0.3, -0.25) is 14.4 Å². The van der Waals surface area contributed by atoms with E-state index < -0.39 is 54.5 Å². The van der Waals surface area contributed by atoms with E-state index in [-0.39, 0.29) is 12.8 Å². The number of nitrogens with one attached hydrogen (secondary N) is 4. The first-order valence-corrected chi connectivity index (χ1v) is 11.8. The minimum Gasteiger partial charge on any atom is -0.480 e. The quantitative estimate of drug-likeness (QED) is 0.177. The van der Waals surface area contributed by atoms with E-state index in [9.17, 15) is 29.4 Å². The number of aliphatic hydroxyl groups is 1. The summed E-state index contributed by atoms with van der Waals surface area (Å²) >= 11 is 0. The molecular weight excluding hydrogens is 478 g/mol. The molecule has 0 saturated carbocycles. The lowest BCUT2D eigenvalue weighted by Crippen LogP contribution is -2.57. The molecule has 0 spiro atoms. The van der Waals surface area contributed by atoms with Gasteiger partial charge < -0.3 is 36.9 Å². The molecule has 0 saturated heterocycles. The number of fused-ring (bicyclic) bond motifs is 1. The summed E-state index contributed by atoms with van der Waals surface area (Å²) in [7, 11) is 0. The molecular formula is C26H31N5O6. The molecule has 2 aromatic carbocycles. The van der Waals surface area contributed by atoms with E-state index >= 15 is 0 Å². The van der Waals surface area contributed by atoms with E-state index in [2.05, 4.69) is 20.9 Å². The van der Waals surface area contributed by atoms with Gasteiger partial charge in [0.05, 0.1) is 18.7 Å². The molecule has 0 aliphatic heterocycles. The van der Waals surface area contributed by atoms with E-state index in [0.29, 0.717) is 5.56 Å². The molecule has 0 fully saturated rings. The molecule has 0 aliphatic rings. The zero-order valence-corrected chi connectivity index (χ0v) is 20.3. The van der Waals surface area contributed by atoms with Crippen molar-refractivity contribution in [3.05, 3.63) is 71.9 Å². The predicted molar refractivity (Wildman–Crippen MR) is 136 cm³/mol. The highest BCUT2D eigenvalue weighted by Crippen LogP contribution is 2.19. The number of rotatable bonds is 12. The number of hydrogen-bond acceptors (Lipinski definition) is 6. The Balaban J connectivity index is 1.56. The highest BCUT2D eigenvalue weighted by atomic mass is 16.4. The average Bonchev–Trinajstić information content (AvgIpc) is 3.28. The van der Waals surface area contributed by atoms with Crippen LogP contribution in [0.3, 0.4) is 0 Å². The second kappa shape index (κ2) is 12.7. The van der Waals surface area contributed by atoms with Gasteiger partial charge in [-0.05, 0) is 30.5 Å². The molecule has 37 heavy (non-hydrogen) atoms. The van der Waals surface area contributed by atoms with E-state index in [4.69, 9.17) is 5.73 Å². The number of carboxylic acids is 1. The Morgan fingerprint density at radius 3 is 2.30 bits per heavy atom. The summed E-state index contributed by atoms with van der Waals surface area (Å²) in [5.41, 5.74) is 8.28. The summed E-state index contributed by atoms with van der Waals surface area (Å²) < 4.78 is 0. The lowest BCUT2D eigenvalue weighted by Gasteiger charge is -2.23. The molecule has 0 bridgehead atoms. The molecule has 196 valence electrons. The molecule has 11 nitrogen and oxygen atoms in total. The summed E-state index contributed by atoms with van der Waals surface area (Å²) in [6.45, 7) is 0.809. The molecule has 3 amide bonds. The van der Waals surface area contributed by atoms with Crippen molar-refractivity contribution in [1.82, 2.24) is 20.9 Å². The number of hydrogen-bond donors (Lipinski definition) is 7. The Bertz CT molecular complexity index is 1240. The third-order valence-corrected chi connectivity index (χ3v) is 5.85. The van der Waals surface area contributed by atoms with Crippen molar-refractivity contribution in [2.75, 3.05) is 6.54 Å².